The van der Waals surface area contributed by atoms with Crippen LogP contribution in [0.5, 0.6) is 11.5 Å². The van der Waals surface area contributed by atoms with Crippen LogP contribution in [-0.4, -0.2) is 29.4 Å². The van der Waals surface area contributed by atoms with Crippen LogP contribution in [-0.2, 0) is 4.79 Å². The molecule has 0 saturated heterocycles. The average molecular weight is 252 g/mol. The molecule has 0 aliphatic carbocycles. The summed E-state index contributed by atoms with van der Waals surface area (Å²) < 4.78 is 11.0. The zero-order valence-corrected chi connectivity index (χ0v) is 9.96. The van der Waals surface area contributed by atoms with E-state index in [0.717, 1.165) is 6.42 Å². The van der Waals surface area contributed by atoms with Gasteiger partial charge in [-0.2, -0.15) is 0 Å². The number of carboxylic acid groups (broad SMARTS) is 1. The van der Waals surface area contributed by atoms with Gasteiger partial charge in [-0.3, -0.25) is 4.79 Å². The van der Waals surface area contributed by atoms with Gasteiger partial charge in [0.05, 0.1) is 19.3 Å². The van der Waals surface area contributed by atoms with Crippen LogP contribution in [0.4, 0.5) is 0 Å². The molecule has 0 saturated carbocycles. The van der Waals surface area contributed by atoms with E-state index in [9.17, 15) is 9.90 Å². The Morgan fingerprint density at radius 1 is 1.28 bits per heavy atom. The van der Waals surface area contributed by atoms with Gasteiger partial charge in [0.15, 0.2) is 11.5 Å². The minimum atomic E-state index is -0.914. The predicted octanol–water partition coefficient (Wildman–Crippen LogP) is 1.75. The first kappa shape index (κ1) is 12.7. The molecule has 18 heavy (non-hydrogen) atoms. The van der Waals surface area contributed by atoms with E-state index in [4.69, 9.17) is 14.6 Å². The summed E-state index contributed by atoms with van der Waals surface area (Å²) >= 11 is 0. The molecule has 2 rings (SSSR count). The Balaban J connectivity index is 2.09. The Morgan fingerprint density at radius 3 is 2.72 bits per heavy atom. The summed E-state index contributed by atoms with van der Waals surface area (Å²) in [5, 5.41) is 18.5. The molecular formula is C13H16O5. The number of benzene rings is 1. The van der Waals surface area contributed by atoms with Gasteiger partial charge in [0.2, 0.25) is 0 Å². The van der Waals surface area contributed by atoms with Crippen molar-refractivity contribution in [1.29, 1.82) is 0 Å². The standard InChI is InChI=1S/C13H16O5/c14-10(3-5-13(15)16)9-2-4-11-12(8-9)18-7-1-6-17-11/h2,4,8,10,14H,1,3,5-7H2,(H,15,16). The average Bonchev–Trinajstić information content (AvgIpc) is 2.60. The zero-order valence-electron chi connectivity index (χ0n) is 9.96. The molecule has 0 aromatic heterocycles. The maximum atomic E-state index is 10.5. The molecule has 1 aliphatic rings. The van der Waals surface area contributed by atoms with Crippen molar-refractivity contribution in [3.8, 4) is 11.5 Å². The van der Waals surface area contributed by atoms with Crippen LogP contribution < -0.4 is 9.47 Å². The lowest BCUT2D eigenvalue weighted by Gasteiger charge is -2.13. The third kappa shape index (κ3) is 3.13. The van der Waals surface area contributed by atoms with E-state index < -0.39 is 12.1 Å². The number of hydrogen-bond donors (Lipinski definition) is 2. The van der Waals surface area contributed by atoms with Crippen molar-refractivity contribution in [2.24, 2.45) is 0 Å². The van der Waals surface area contributed by atoms with E-state index in [2.05, 4.69) is 0 Å². The first-order valence-electron chi connectivity index (χ1n) is 5.96. The van der Waals surface area contributed by atoms with Gasteiger partial charge in [0, 0.05) is 12.8 Å². The van der Waals surface area contributed by atoms with Crippen molar-refractivity contribution >= 4 is 5.97 Å². The topological polar surface area (TPSA) is 76.0 Å². The number of fused-ring (bicyclic) bond motifs is 1. The lowest BCUT2D eigenvalue weighted by molar-refractivity contribution is -0.137. The van der Waals surface area contributed by atoms with Gasteiger partial charge in [-0.05, 0) is 24.1 Å². The van der Waals surface area contributed by atoms with Gasteiger partial charge in [0.25, 0.3) is 0 Å². The van der Waals surface area contributed by atoms with Crippen molar-refractivity contribution in [1.82, 2.24) is 0 Å². The van der Waals surface area contributed by atoms with Crippen molar-refractivity contribution < 1.29 is 24.5 Å². The Kier molecular flexibility index (Phi) is 4.04. The summed E-state index contributed by atoms with van der Waals surface area (Å²) in [5.41, 5.74) is 0.653. The van der Waals surface area contributed by atoms with Crippen LogP contribution in [0.3, 0.4) is 0 Å². The molecule has 2 N–H and O–H groups in total. The molecule has 0 fully saturated rings. The highest BCUT2D eigenvalue weighted by atomic mass is 16.5. The summed E-state index contributed by atoms with van der Waals surface area (Å²) in [5.74, 6) is 0.365. The normalized spacial score (nSPS) is 15.8. The summed E-state index contributed by atoms with van der Waals surface area (Å²) in [6, 6.07) is 5.20. The minimum absolute atomic E-state index is 0.0599. The maximum Gasteiger partial charge on any atom is 0.303 e. The molecule has 1 heterocycles. The van der Waals surface area contributed by atoms with Crippen molar-refractivity contribution in [3.05, 3.63) is 23.8 Å². The lowest BCUT2D eigenvalue weighted by atomic mass is 10.0. The molecule has 98 valence electrons. The van der Waals surface area contributed by atoms with Crippen molar-refractivity contribution in [2.75, 3.05) is 13.2 Å². The molecule has 0 radical (unpaired) electrons. The van der Waals surface area contributed by atoms with Crippen molar-refractivity contribution in [3.63, 3.8) is 0 Å². The van der Waals surface area contributed by atoms with Crippen LogP contribution in [0.2, 0.25) is 0 Å². The molecule has 0 amide bonds. The van der Waals surface area contributed by atoms with Crippen LogP contribution in [0, 0.1) is 0 Å². The second-order valence-electron chi connectivity index (χ2n) is 4.20. The van der Waals surface area contributed by atoms with E-state index in [1.807, 2.05) is 0 Å². The molecular weight excluding hydrogens is 236 g/mol. The van der Waals surface area contributed by atoms with Crippen LogP contribution in [0.15, 0.2) is 18.2 Å². The fourth-order valence-electron chi connectivity index (χ4n) is 1.81. The minimum Gasteiger partial charge on any atom is -0.490 e. The highest BCUT2D eigenvalue weighted by molar-refractivity contribution is 5.66. The Bertz CT molecular complexity index is 429. The summed E-state index contributed by atoms with van der Waals surface area (Å²) in [4.78, 5) is 10.5. The van der Waals surface area contributed by atoms with E-state index in [1.165, 1.54) is 0 Å². The highest BCUT2D eigenvalue weighted by Gasteiger charge is 2.15. The number of aliphatic hydroxyl groups excluding tert-OH is 1. The number of hydrogen-bond acceptors (Lipinski definition) is 4. The molecule has 0 bridgehead atoms. The monoisotopic (exact) mass is 252 g/mol. The number of carbonyl (C=O) groups is 1. The van der Waals surface area contributed by atoms with Crippen LogP contribution in [0.1, 0.15) is 30.9 Å². The van der Waals surface area contributed by atoms with Gasteiger partial charge >= 0.3 is 5.97 Å². The predicted molar refractivity (Wildman–Crippen MR) is 63.9 cm³/mol. The van der Waals surface area contributed by atoms with Gasteiger partial charge in [0.1, 0.15) is 0 Å². The lowest BCUT2D eigenvalue weighted by Crippen LogP contribution is -2.03. The van der Waals surface area contributed by atoms with Gasteiger partial charge in [-0.1, -0.05) is 6.07 Å². The first-order valence-corrected chi connectivity index (χ1v) is 5.96. The Morgan fingerprint density at radius 2 is 2.00 bits per heavy atom. The maximum absolute atomic E-state index is 10.5. The molecule has 1 aromatic carbocycles. The molecule has 1 atom stereocenters. The number of aliphatic hydroxyl groups is 1. The molecule has 1 aliphatic heterocycles. The van der Waals surface area contributed by atoms with Crippen LogP contribution in [0.25, 0.3) is 0 Å². The molecule has 1 unspecified atom stereocenters. The molecule has 0 spiro atoms. The largest absolute Gasteiger partial charge is 0.490 e. The van der Waals surface area contributed by atoms with E-state index >= 15 is 0 Å². The third-order valence-corrected chi connectivity index (χ3v) is 2.79. The number of rotatable bonds is 4. The summed E-state index contributed by atoms with van der Waals surface area (Å²) in [7, 11) is 0. The number of aliphatic carboxylic acids is 1. The number of ether oxygens (including phenoxy) is 2. The highest BCUT2D eigenvalue weighted by Crippen LogP contribution is 2.33. The van der Waals surface area contributed by atoms with E-state index in [-0.39, 0.29) is 12.8 Å². The SMILES string of the molecule is O=C(O)CCC(O)c1ccc2c(c1)OCCCO2. The number of carboxylic acids is 1. The van der Waals surface area contributed by atoms with Crippen molar-refractivity contribution in [2.45, 2.75) is 25.4 Å². The molecule has 1 aromatic rings. The molecule has 5 nitrogen and oxygen atoms in total. The van der Waals surface area contributed by atoms with Gasteiger partial charge in [-0.15, -0.1) is 0 Å². The second kappa shape index (κ2) is 5.73. The Hall–Kier alpha value is -1.75. The second-order valence-corrected chi connectivity index (χ2v) is 4.20. The fourth-order valence-corrected chi connectivity index (χ4v) is 1.81. The van der Waals surface area contributed by atoms with Gasteiger partial charge in [-0.25, -0.2) is 0 Å². The van der Waals surface area contributed by atoms with Crippen LogP contribution >= 0.6 is 0 Å². The smallest absolute Gasteiger partial charge is 0.303 e. The quantitative estimate of drug-likeness (QED) is 0.853. The van der Waals surface area contributed by atoms with E-state index in [0.29, 0.717) is 30.3 Å². The zero-order chi connectivity index (χ0) is 13.0. The van der Waals surface area contributed by atoms with Gasteiger partial charge < -0.3 is 19.7 Å². The third-order valence-electron chi connectivity index (χ3n) is 2.79. The summed E-state index contributed by atoms with van der Waals surface area (Å²) in [6.07, 6.45) is 0.161. The first-order chi connectivity index (χ1) is 8.66. The van der Waals surface area contributed by atoms with E-state index in [1.54, 1.807) is 18.2 Å². The fraction of sp³-hybridized carbons (Fsp3) is 0.462. The molecule has 5 heteroatoms. The Labute approximate surface area is 105 Å². The summed E-state index contributed by atoms with van der Waals surface area (Å²) in [6.45, 7) is 1.20.